The predicted molar refractivity (Wildman–Crippen MR) is 97.9 cm³/mol. The van der Waals surface area contributed by atoms with Crippen LogP contribution in [0.3, 0.4) is 0 Å². The molecule has 0 saturated carbocycles. The molecule has 0 bridgehead atoms. The van der Waals surface area contributed by atoms with Gasteiger partial charge in [-0.2, -0.15) is 0 Å². The van der Waals surface area contributed by atoms with E-state index in [1.165, 1.54) is 7.11 Å². The maximum Gasteiger partial charge on any atom is 0.220 e. The number of hydrogen-bond acceptors (Lipinski definition) is 2. The van der Waals surface area contributed by atoms with Gasteiger partial charge in [-0.3, -0.25) is 0 Å². The first kappa shape index (κ1) is 14.9. The van der Waals surface area contributed by atoms with Gasteiger partial charge >= 0.3 is 0 Å². The number of benzene rings is 4. The summed E-state index contributed by atoms with van der Waals surface area (Å²) in [5.74, 6) is -1.50. The molecule has 0 aliphatic carbocycles. The topological polar surface area (TPSA) is 29.5 Å². The van der Waals surface area contributed by atoms with Crippen LogP contribution in [0, 0.1) is 0 Å². The van der Waals surface area contributed by atoms with Crippen LogP contribution in [0.4, 0.5) is 0 Å². The Labute approximate surface area is 140 Å². The van der Waals surface area contributed by atoms with Crippen molar-refractivity contribution in [3.05, 3.63) is 96.1 Å². The molecule has 0 spiro atoms. The number of methoxy groups -OCH3 is 1. The number of aliphatic hydroxyl groups is 1. The number of fused-ring (bicyclic) bond motifs is 2. The Morgan fingerprint density at radius 1 is 0.708 bits per heavy atom. The van der Waals surface area contributed by atoms with Gasteiger partial charge in [0.1, 0.15) is 0 Å². The van der Waals surface area contributed by atoms with E-state index in [1.54, 1.807) is 0 Å². The molecule has 4 aromatic carbocycles. The molecule has 0 amide bonds. The maximum atomic E-state index is 11.4. The first-order chi connectivity index (χ1) is 11.7. The van der Waals surface area contributed by atoms with Crippen molar-refractivity contribution in [1.29, 1.82) is 0 Å². The Balaban J connectivity index is 1.97. The number of ether oxygens (including phenoxy) is 1. The van der Waals surface area contributed by atoms with Crippen molar-refractivity contribution in [2.45, 2.75) is 5.79 Å². The zero-order valence-corrected chi connectivity index (χ0v) is 13.4. The average molecular weight is 314 g/mol. The lowest BCUT2D eigenvalue weighted by atomic mass is 9.91. The van der Waals surface area contributed by atoms with Crippen LogP contribution in [0.25, 0.3) is 21.5 Å². The van der Waals surface area contributed by atoms with Crippen LogP contribution in [0.5, 0.6) is 0 Å². The van der Waals surface area contributed by atoms with Crippen LogP contribution in [0.15, 0.2) is 84.9 Å². The minimum Gasteiger partial charge on any atom is -0.358 e. The summed E-state index contributed by atoms with van der Waals surface area (Å²) in [4.78, 5) is 0. The van der Waals surface area contributed by atoms with E-state index >= 15 is 0 Å². The Morgan fingerprint density at radius 3 is 2.17 bits per heavy atom. The normalized spacial score (nSPS) is 13.9. The summed E-state index contributed by atoms with van der Waals surface area (Å²) >= 11 is 0. The zero-order chi connectivity index (χ0) is 16.6. The standard InChI is InChI=1S/C22H18O2/c1-24-22(23,19-14-13-16-7-2-3-9-18(16)15-19)21-12-6-10-17-8-4-5-11-20(17)21/h2-15,23H,1H3. The lowest BCUT2D eigenvalue weighted by Crippen LogP contribution is -2.29. The van der Waals surface area contributed by atoms with Crippen LogP contribution in [-0.4, -0.2) is 12.2 Å². The summed E-state index contributed by atoms with van der Waals surface area (Å²) < 4.78 is 5.62. The molecule has 0 aliphatic rings. The molecule has 0 heterocycles. The zero-order valence-electron chi connectivity index (χ0n) is 13.4. The molecular formula is C22H18O2. The number of rotatable bonds is 3. The SMILES string of the molecule is COC(O)(c1ccc2ccccc2c1)c1cccc2ccccc12. The maximum absolute atomic E-state index is 11.4. The van der Waals surface area contributed by atoms with Gasteiger partial charge in [0, 0.05) is 18.2 Å². The largest absolute Gasteiger partial charge is 0.358 e. The molecule has 0 aliphatic heterocycles. The van der Waals surface area contributed by atoms with E-state index in [0.29, 0.717) is 0 Å². The minimum atomic E-state index is -1.50. The fourth-order valence-electron chi connectivity index (χ4n) is 3.30. The quantitative estimate of drug-likeness (QED) is 0.549. The number of hydrogen-bond donors (Lipinski definition) is 1. The molecular weight excluding hydrogens is 296 g/mol. The van der Waals surface area contributed by atoms with E-state index in [2.05, 4.69) is 6.07 Å². The highest BCUT2D eigenvalue weighted by molar-refractivity contribution is 5.87. The van der Waals surface area contributed by atoms with Crippen LogP contribution >= 0.6 is 0 Å². The van der Waals surface area contributed by atoms with E-state index < -0.39 is 5.79 Å². The lowest BCUT2D eigenvalue weighted by molar-refractivity contribution is -0.158. The van der Waals surface area contributed by atoms with E-state index in [-0.39, 0.29) is 0 Å². The Morgan fingerprint density at radius 2 is 1.38 bits per heavy atom. The molecule has 0 saturated heterocycles. The molecule has 24 heavy (non-hydrogen) atoms. The molecule has 0 radical (unpaired) electrons. The molecule has 1 N–H and O–H groups in total. The van der Waals surface area contributed by atoms with Crippen molar-refractivity contribution >= 4 is 21.5 Å². The molecule has 1 unspecified atom stereocenters. The fraction of sp³-hybridized carbons (Fsp3) is 0.0909. The first-order valence-electron chi connectivity index (χ1n) is 7.97. The van der Waals surface area contributed by atoms with E-state index in [0.717, 1.165) is 32.7 Å². The van der Waals surface area contributed by atoms with Gasteiger partial charge in [0.25, 0.3) is 0 Å². The second-order valence-electron chi connectivity index (χ2n) is 5.94. The van der Waals surface area contributed by atoms with Crippen LogP contribution in [0.2, 0.25) is 0 Å². The van der Waals surface area contributed by atoms with E-state index in [9.17, 15) is 5.11 Å². The molecule has 0 fully saturated rings. The average Bonchev–Trinajstić information content (AvgIpc) is 2.66. The molecule has 4 rings (SSSR count). The van der Waals surface area contributed by atoms with E-state index in [4.69, 9.17) is 4.74 Å². The summed E-state index contributed by atoms with van der Waals surface area (Å²) in [5, 5.41) is 15.7. The van der Waals surface area contributed by atoms with Crippen molar-refractivity contribution in [3.8, 4) is 0 Å². The Hall–Kier alpha value is -2.68. The lowest BCUT2D eigenvalue weighted by Gasteiger charge is -2.29. The summed E-state index contributed by atoms with van der Waals surface area (Å²) in [6.45, 7) is 0. The van der Waals surface area contributed by atoms with Crippen molar-refractivity contribution in [2.75, 3.05) is 7.11 Å². The summed E-state index contributed by atoms with van der Waals surface area (Å²) in [7, 11) is 1.54. The third-order valence-electron chi connectivity index (χ3n) is 4.59. The van der Waals surface area contributed by atoms with Gasteiger partial charge in [0.05, 0.1) is 0 Å². The molecule has 2 heteroatoms. The third kappa shape index (κ3) is 2.28. The highest BCUT2D eigenvalue weighted by atomic mass is 16.6. The van der Waals surface area contributed by atoms with Gasteiger partial charge < -0.3 is 9.84 Å². The summed E-state index contributed by atoms with van der Waals surface area (Å²) in [6.07, 6.45) is 0. The first-order valence-corrected chi connectivity index (χ1v) is 7.97. The second kappa shape index (κ2) is 5.75. The second-order valence-corrected chi connectivity index (χ2v) is 5.94. The van der Waals surface area contributed by atoms with Crippen LogP contribution in [-0.2, 0) is 10.5 Å². The Kier molecular flexibility index (Phi) is 3.57. The molecule has 1 atom stereocenters. The molecule has 0 aromatic heterocycles. The molecule has 4 aromatic rings. The molecule has 2 nitrogen and oxygen atoms in total. The highest BCUT2D eigenvalue weighted by Crippen LogP contribution is 2.36. The fourth-order valence-corrected chi connectivity index (χ4v) is 3.30. The highest BCUT2D eigenvalue weighted by Gasteiger charge is 2.33. The van der Waals surface area contributed by atoms with Crippen molar-refractivity contribution in [1.82, 2.24) is 0 Å². The molecule has 118 valence electrons. The summed E-state index contributed by atoms with van der Waals surface area (Å²) in [6, 6.07) is 27.9. The smallest absolute Gasteiger partial charge is 0.220 e. The third-order valence-corrected chi connectivity index (χ3v) is 4.59. The van der Waals surface area contributed by atoms with Gasteiger partial charge in [-0.05, 0) is 27.6 Å². The minimum absolute atomic E-state index is 0.722. The van der Waals surface area contributed by atoms with Crippen LogP contribution in [0.1, 0.15) is 11.1 Å². The van der Waals surface area contributed by atoms with Crippen molar-refractivity contribution in [3.63, 3.8) is 0 Å². The predicted octanol–water partition coefficient (Wildman–Crippen LogP) is 4.83. The van der Waals surface area contributed by atoms with Gasteiger partial charge in [-0.1, -0.05) is 78.9 Å². The summed E-state index contributed by atoms with van der Waals surface area (Å²) in [5.41, 5.74) is 1.47. The van der Waals surface area contributed by atoms with Crippen LogP contribution < -0.4 is 0 Å². The monoisotopic (exact) mass is 314 g/mol. The van der Waals surface area contributed by atoms with Gasteiger partial charge in [0.15, 0.2) is 0 Å². The van der Waals surface area contributed by atoms with Gasteiger partial charge in [-0.25, -0.2) is 0 Å². The van der Waals surface area contributed by atoms with Crippen molar-refractivity contribution in [2.24, 2.45) is 0 Å². The Bertz CT molecular complexity index is 1020. The van der Waals surface area contributed by atoms with Gasteiger partial charge in [-0.15, -0.1) is 0 Å². The van der Waals surface area contributed by atoms with Gasteiger partial charge in [0.2, 0.25) is 5.79 Å². The van der Waals surface area contributed by atoms with Crippen molar-refractivity contribution < 1.29 is 9.84 Å². The van der Waals surface area contributed by atoms with E-state index in [1.807, 2.05) is 78.9 Å².